The molecule has 4 nitrogen and oxygen atoms in total. The van der Waals surface area contributed by atoms with Gasteiger partial charge in [0.25, 0.3) is 0 Å². The quantitative estimate of drug-likeness (QED) is 0.278. The van der Waals surface area contributed by atoms with Crippen LogP contribution >= 0.6 is 24.0 Å². The molecule has 0 atom stereocenters. The summed E-state index contributed by atoms with van der Waals surface area (Å²) in [6.07, 6.45) is 2.43. The van der Waals surface area contributed by atoms with E-state index in [-0.39, 0.29) is 24.0 Å². The minimum atomic E-state index is 0. The van der Waals surface area contributed by atoms with Crippen LogP contribution in [0, 0.1) is 11.8 Å². The first-order valence-electron chi connectivity index (χ1n) is 7.08. The maximum Gasteiger partial charge on any atom is 0.191 e. The van der Waals surface area contributed by atoms with Gasteiger partial charge in [-0.05, 0) is 24.7 Å². The maximum absolute atomic E-state index is 5.50. The zero-order valence-electron chi connectivity index (χ0n) is 13.2. The number of rotatable bonds is 9. The van der Waals surface area contributed by atoms with Crippen molar-refractivity contribution in [2.45, 2.75) is 40.5 Å². The van der Waals surface area contributed by atoms with Crippen LogP contribution < -0.4 is 10.6 Å². The Morgan fingerprint density at radius 1 is 1.05 bits per heavy atom. The van der Waals surface area contributed by atoms with Crippen LogP contribution in [-0.2, 0) is 4.74 Å². The molecule has 0 spiro atoms. The lowest BCUT2D eigenvalue weighted by atomic mass is 10.1. The Hall–Kier alpha value is -0.0400. The van der Waals surface area contributed by atoms with Crippen molar-refractivity contribution in [3.63, 3.8) is 0 Å². The Balaban J connectivity index is 0. The first-order valence-corrected chi connectivity index (χ1v) is 7.08. The van der Waals surface area contributed by atoms with Crippen LogP contribution in [0.2, 0.25) is 0 Å². The van der Waals surface area contributed by atoms with Gasteiger partial charge in [0.1, 0.15) is 0 Å². The molecule has 0 amide bonds. The van der Waals surface area contributed by atoms with Crippen LogP contribution in [0.15, 0.2) is 4.99 Å². The number of guanidine groups is 1. The third-order valence-electron chi connectivity index (χ3n) is 2.46. The zero-order valence-corrected chi connectivity index (χ0v) is 15.5. The Morgan fingerprint density at radius 3 is 2.21 bits per heavy atom. The van der Waals surface area contributed by atoms with Crippen molar-refractivity contribution in [3.05, 3.63) is 0 Å². The van der Waals surface area contributed by atoms with Crippen molar-refractivity contribution in [1.82, 2.24) is 10.6 Å². The Labute approximate surface area is 136 Å². The van der Waals surface area contributed by atoms with E-state index >= 15 is 0 Å². The van der Waals surface area contributed by atoms with E-state index in [4.69, 9.17) is 4.74 Å². The fraction of sp³-hybridized carbons (Fsp3) is 0.929. The van der Waals surface area contributed by atoms with Gasteiger partial charge in [0.05, 0.1) is 6.61 Å². The van der Waals surface area contributed by atoms with Crippen LogP contribution in [-0.4, -0.2) is 39.3 Å². The summed E-state index contributed by atoms with van der Waals surface area (Å²) in [6, 6.07) is 0. The molecular weight excluding hydrogens is 353 g/mol. The molecule has 0 heterocycles. The fourth-order valence-electron chi connectivity index (χ4n) is 1.50. The maximum atomic E-state index is 5.50. The minimum Gasteiger partial charge on any atom is -0.379 e. The third-order valence-corrected chi connectivity index (χ3v) is 2.46. The van der Waals surface area contributed by atoms with Crippen molar-refractivity contribution in [2.24, 2.45) is 16.8 Å². The van der Waals surface area contributed by atoms with Gasteiger partial charge >= 0.3 is 0 Å². The van der Waals surface area contributed by atoms with Gasteiger partial charge in [0.2, 0.25) is 0 Å². The molecule has 0 saturated carbocycles. The van der Waals surface area contributed by atoms with Gasteiger partial charge in [-0.15, -0.1) is 24.0 Å². The largest absolute Gasteiger partial charge is 0.379 e. The van der Waals surface area contributed by atoms with Gasteiger partial charge in [-0.3, -0.25) is 4.99 Å². The highest BCUT2D eigenvalue weighted by Gasteiger charge is 1.98. The second-order valence-corrected chi connectivity index (χ2v) is 5.43. The number of halogens is 1. The van der Waals surface area contributed by atoms with Gasteiger partial charge in [0.15, 0.2) is 5.96 Å². The standard InChI is InChI=1S/C14H31N3O.HI/c1-12(2)7-6-8-16-14(15-5)17-9-10-18-11-13(3)4;/h12-13H,6-11H2,1-5H3,(H2,15,16,17);1H. The molecule has 5 heteroatoms. The van der Waals surface area contributed by atoms with Crippen molar-refractivity contribution < 1.29 is 4.74 Å². The number of hydrogen-bond donors (Lipinski definition) is 2. The average Bonchev–Trinajstić information content (AvgIpc) is 2.30. The number of aliphatic imine (C=N–C) groups is 1. The molecule has 0 unspecified atom stereocenters. The summed E-state index contributed by atoms with van der Waals surface area (Å²) in [6.45, 7) is 12.1. The van der Waals surface area contributed by atoms with E-state index in [0.29, 0.717) is 5.92 Å². The molecule has 116 valence electrons. The number of nitrogens with zero attached hydrogens (tertiary/aromatic N) is 1. The summed E-state index contributed by atoms with van der Waals surface area (Å²) >= 11 is 0. The van der Waals surface area contributed by atoms with Crippen molar-refractivity contribution in [3.8, 4) is 0 Å². The van der Waals surface area contributed by atoms with Crippen molar-refractivity contribution in [2.75, 3.05) is 33.4 Å². The molecule has 0 fully saturated rings. The molecule has 0 saturated heterocycles. The predicted octanol–water partition coefficient (Wildman–Crippen LogP) is 2.88. The van der Waals surface area contributed by atoms with Crippen LogP contribution in [0.5, 0.6) is 0 Å². The van der Waals surface area contributed by atoms with Crippen LogP contribution in [0.1, 0.15) is 40.5 Å². The van der Waals surface area contributed by atoms with E-state index in [1.165, 1.54) is 12.8 Å². The van der Waals surface area contributed by atoms with E-state index < -0.39 is 0 Å². The van der Waals surface area contributed by atoms with Crippen LogP contribution in [0.4, 0.5) is 0 Å². The monoisotopic (exact) mass is 385 g/mol. The molecule has 0 aliphatic heterocycles. The van der Waals surface area contributed by atoms with Gasteiger partial charge < -0.3 is 15.4 Å². The molecule has 0 aliphatic carbocycles. The first-order chi connectivity index (χ1) is 8.56. The summed E-state index contributed by atoms with van der Waals surface area (Å²) in [5, 5.41) is 6.55. The Bertz CT molecular complexity index is 221. The number of ether oxygens (including phenoxy) is 1. The summed E-state index contributed by atoms with van der Waals surface area (Å²) in [7, 11) is 1.80. The lowest BCUT2D eigenvalue weighted by molar-refractivity contribution is 0.114. The summed E-state index contributed by atoms with van der Waals surface area (Å²) in [4.78, 5) is 4.18. The van der Waals surface area contributed by atoms with Gasteiger partial charge in [-0.2, -0.15) is 0 Å². The predicted molar refractivity (Wildman–Crippen MR) is 94.5 cm³/mol. The van der Waals surface area contributed by atoms with E-state index in [1.54, 1.807) is 7.05 Å². The summed E-state index contributed by atoms with van der Waals surface area (Å²) in [5.74, 6) is 2.23. The van der Waals surface area contributed by atoms with Crippen molar-refractivity contribution in [1.29, 1.82) is 0 Å². The highest BCUT2D eigenvalue weighted by molar-refractivity contribution is 14.0. The molecule has 0 bridgehead atoms. The van der Waals surface area contributed by atoms with Crippen LogP contribution in [0.3, 0.4) is 0 Å². The summed E-state index contributed by atoms with van der Waals surface area (Å²) in [5.41, 5.74) is 0. The first kappa shape index (κ1) is 21.3. The molecule has 0 aliphatic rings. The number of nitrogens with one attached hydrogen (secondary N) is 2. The third kappa shape index (κ3) is 15.9. The molecule has 0 aromatic rings. The van der Waals surface area contributed by atoms with Gasteiger partial charge in [-0.25, -0.2) is 0 Å². The van der Waals surface area contributed by atoms with E-state index in [1.807, 2.05) is 0 Å². The molecule has 19 heavy (non-hydrogen) atoms. The topological polar surface area (TPSA) is 45.7 Å². The molecule has 0 rings (SSSR count). The molecule has 0 aromatic carbocycles. The highest BCUT2D eigenvalue weighted by Crippen LogP contribution is 2.01. The molecule has 0 aromatic heterocycles. The van der Waals surface area contributed by atoms with Gasteiger partial charge in [-0.1, -0.05) is 27.7 Å². The van der Waals surface area contributed by atoms with Crippen LogP contribution in [0.25, 0.3) is 0 Å². The molecular formula is C14H32IN3O. The average molecular weight is 385 g/mol. The normalized spacial score (nSPS) is 11.6. The Morgan fingerprint density at radius 2 is 1.68 bits per heavy atom. The molecule has 0 radical (unpaired) electrons. The van der Waals surface area contributed by atoms with Gasteiger partial charge in [0, 0.05) is 26.7 Å². The summed E-state index contributed by atoms with van der Waals surface area (Å²) < 4.78 is 5.50. The SMILES string of the molecule is CN=C(NCCCC(C)C)NCCOCC(C)C.I. The second kappa shape index (κ2) is 14.4. The minimum absolute atomic E-state index is 0. The number of hydrogen-bond acceptors (Lipinski definition) is 2. The second-order valence-electron chi connectivity index (χ2n) is 5.43. The van der Waals surface area contributed by atoms with E-state index in [0.717, 1.165) is 38.2 Å². The van der Waals surface area contributed by atoms with E-state index in [9.17, 15) is 0 Å². The smallest absolute Gasteiger partial charge is 0.191 e. The Kier molecular flexibility index (Phi) is 16.1. The molecule has 2 N–H and O–H groups in total. The highest BCUT2D eigenvalue weighted by atomic mass is 127. The van der Waals surface area contributed by atoms with E-state index in [2.05, 4.69) is 43.3 Å². The van der Waals surface area contributed by atoms with Crippen molar-refractivity contribution >= 4 is 29.9 Å². The zero-order chi connectivity index (χ0) is 13.8. The lowest BCUT2D eigenvalue weighted by Crippen LogP contribution is -2.39. The fourth-order valence-corrected chi connectivity index (χ4v) is 1.50. The lowest BCUT2D eigenvalue weighted by Gasteiger charge is -2.13.